The van der Waals surface area contributed by atoms with Gasteiger partial charge >= 0.3 is 0 Å². The molecule has 2 unspecified atom stereocenters. The third kappa shape index (κ3) is 8.92. The van der Waals surface area contributed by atoms with Crippen LogP contribution < -0.4 is 9.80 Å². The first-order chi connectivity index (χ1) is 48.5. The Morgan fingerprint density at radius 2 is 0.626 bits per heavy atom. The average Bonchev–Trinajstić information content (AvgIpc) is 1.54. The van der Waals surface area contributed by atoms with E-state index >= 15 is 0 Å². The van der Waals surface area contributed by atoms with Gasteiger partial charge in [-0.25, -0.2) is 0 Å². The molecule has 0 aliphatic heterocycles. The average molecular weight is 1270 g/mol. The standard InChI is InChI=1S/C94H72N4O/c1-55(2)59-31-35-63-47-87-78(43-67(63)39-59)82-51-74(95(71-19-10-7-11-20-71)72-21-12-8-13-22-72)52-83-80-45-69-41-61(33-37-65(69)49-89(80)97(87)92(82)83)57(5)29-30-58(6)62-34-38-66-50-90-81(46-70(66)42-62)85-54-75(53-84-79-44-68-40-60(56(3)4)32-36-64(68)48-88(79)98(90)93(84)85)96(73-23-14-9-15-24-73)86-27-18-26-77-76-25-16-17-28-91(76)99-94(77)86/h7-28,31-58H,29-30H2,1-6H3. The number of furan rings is 1. The minimum absolute atomic E-state index is 0.353. The van der Waals surface area contributed by atoms with Crippen molar-refractivity contribution in [3.63, 3.8) is 0 Å². The number of hydrogen-bond donors (Lipinski definition) is 0. The topological polar surface area (TPSA) is 28.4 Å². The van der Waals surface area contributed by atoms with E-state index < -0.39 is 0 Å². The first-order valence-electron chi connectivity index (χ1n) is 35.5. The number of hydrogen-bond acceptors (Lipinski definition) is 3. The Hall–Kier alpha value is -11.7. The summed E-state index contributed by atoms with van der Waals surface area (Å²) < 4.78 is 12.0. The minimum Gasteiger partial charge on any atom is -0.454 e. The van der Waals surface area contributed by atoms with Gasteiger partial charge in [0.15, 0.2) is 5.58 Å². The van der Waals surface area contributed by atoms with E-state index in [1.165, 1.54) is 142 Å². The quantitative estimate of drug-likeness (QED) is 0.115. The van der Waals surface area contributed by atoms with E-state index in [2.05, 4.69) is 339 Å². The van der Waals surface area contributed by atoms with Crippen molar-refractivity contribution < 1.29 is 4.42 Å². The fraction of sp³-hybridized carbons (Fsp3) is 0.128. The highest BCUT2D eigenvalue weighted by molar-refractivity contribution is 6.29. The molecule has 0 aliphatic carbocycles. The number of para-hydroxylation sites is 5. The lowest BCUT2D eigenvalue weighted by Crippen LogP contribution is -2.10. The molecule has 5 aromatic heterocycles. The number of fused-ring (bicyclic) bond motifs is 19. The highest BCUT2D eigenvalue weighted by Gasteiger charge is 2.27. The maximum Gasteiger partial charge on any atom is 0.159 e. The Morgan fingerprint density at radius 3 is 1.04 bits per heavy atom. The minimum atomic E-state index is 0.353. The summed E-state index contributed by atoms with van der Waals surface area (Å²) in [6.07, 6.45) is 2.14. The van der Waals surface area contributed by atoms with Crippen molar-refractivity contribution in [1.29, 1.82) is 0 Å². The molecule has 0 spiro atoms. The molecule has 20 rings (SSSR count). The first-order valence-corrected chi connectivity index (χ1v) is 35.5. The van der Waals surface area contributed by atoms with Crippen molar-refractivity contribution in [3.05, 3.63) is 301 Å². The molecule has 2 atom stereocenters. The van der Waals surface area contributed by atoms with Crippen molar-refractivity contribution in [2.24, 2.45) is 0 Å². The van der Waals surface area contributed by atoms with Crippen LogP contribution in [0.25, 0.3) is 141 Å². The normalized spacial score (nSPS) is 13.1. The van der Waals surface area contributed by atoms with Gasteiger partial charge in [-0.05, 0) is 223 Å². The maximum absolute atomic E-state index is 6.83. The number of benzene rings is 15. The van der Waals surface area contributed by atoms with E-state index in [-0.39, 0.29) is 0 Å². The zero-order valence-electron chi connectivity index (χ0n) is 56.5. The molecule has 0 N–H and O–H groups in total. The second-order valence-corrected chi connectivity index (χ2v) is 29.0. The van der Waals surface area contributed by atoms with Gasteiger partial charge in [0.1, 0.15) is 5.58 Å². The smallest absolute Gasteiger partial charge is 0.159 e. The van der Waals surface area contributed by atoms with Crippen LogP contribution in [0, 0.1) is 0 Å². The molecular formula is C94H72N4O. The molecule has 0 fully saturated rings. The van der Waals surface area contributed by atoms with Crippen molar-refractivity contribution >= 4 is 175 Å². The molecule has 99 heavy (non-hydrogen) atoms. The van der Waals surface area contributed by atoms with Gasteiger partial charge < -0.3 is 23.0 Å². The summed E-state index contributed by atoms with van der Waals surface area (Å²) in [4.78, 5) is 4.83. The zero-order chi connectivity index (χ0) is 66.1. The molecule has 0 radical (unpaired) electrons. The summed E-state index contributed by atoms with van der Waals surface area (Å²) in [5.74, 6) is 1.59. The molecule has 0 saturated carbocycles. The molecule has 5 heteroatoms. The lowest BCUT2D eigenvalue weighted by atomic mass is 9.87. The van der Waals surface area contributed by atoms with E-state index in [0.717, 1.165) is 68.9 Å². The number of nitrogens with zero attached hydrogens (tertiary/aromatic N) is 4. The van der Waals surface area contributed by atoms with Crippen LogP contribution in [0.4, 0.5) is 34.1 Å². The van der Waals surface area contributed by atoms with Gasteiger partial charge in [0.25, 0.3) is 0 Å². The lowest BCUT2D eigenvalue weighted by Gasteiger charge is -2.26. The number of anilines is 6. The van der Waals surface area contributed by atoms with Crippen LogP contribution in [0.1, 0.15) is 100 Å². The van der Waals surface area contributed by atoms with Gasteiger partial charge in [-0.2, -0.15) is 0 Å². The Bertz CT molecular complexity index is 6610. The van der Waals surface area contributed by atoms with Crippen LogP contribution in [0.15, 0.2) is 283 Å². The Kier molecular flexibility index (Phi) is 12.8. The molecule has 0 saturated heterocycles. The van der Waals surface area contributed by atoms with Crippen LogP contribution in [-0.4, -0.2) is 8.80 Å². The molecule has 0 aliphatic rings. The molecule has 0 amide bonds. The second kappa shape index (κ2) is 21.9. The zero-order valence-corrected chi connectivity index (χ0v) is 56.5. The van der Waals surface area contributed by atoms with E-state index in [1.54, 1.807) is 0 Å². The fourth-order valence-electron chi connectivity index (χ4n) is 17.0. The lowest BCUT2D eigenvalue weighted by molar-refractivity contribution is 0.574. The maximum atomic E-state index is 6.83. The summed E-state index contributed by atoms with van der Waals surface area (Å²) in [5, 5.41) is 22.5. The third-order valence-corrected chi connectivity index (χ3v) is 22.4. The third-order valence-electron chi connectivity index (χ3n) is 22.4. The molecule has 474 valence electrons. The number of rotatable bonds is 13. The monoisotopic (exact) mass is 1270 g/mol. The van der Waals surface area contributed by atoms with Crippen LogP contribution in [0.2, 0.25) is 0 Å². The van der Waals surface area contributed by atoms with Gasteiger partial charge in [-0.3, -0.25) is 0 Å². The molecule has 5 heterocycles. The van der Waals surface area contributed by atoms with Gasteiger partial charge in [0.05, 0.1) is 38.8 Å². The molecule has 0 bridgehead atoms. The second-order valence-electron chi connectivity index (χ2n) is 29.0. The van der Waals surface area contributed by atoms with Crippen LogP contribution in [0.3, 0.4) is 0 Å². The summed E-state index contributed by atoms with van der Waals surface area (Å²) in [6, 6.07) is 106. The Balaban J connectivity index is 0.675. The highest BCUT2D eigenvalue weighted by Crippen LogP contribution is 2.51. The van der Waals surface area contributed by atoms with E-state index in [0.29, 0.717) is 23.7 Å². The van der Waals surface area contributed by atoms with Crippen LogP contribution in [0.5, 0.6) is 0 Å². The first kappa shape index (κ1) is 57.6. The summed E-state index contributed by atoms with van der Waals surface area (Å²) >= 11 is 0. The molecule has 15 aromatic carbocycles. The Labute approximate surface area is 574 Å². The van der Waals surface area contributed by atoms with Crippen molar-refractivity contribution in [1.82, 2.24) is 8.80 Å². The predicted octanol–water partition coefficient (Wildman–Crippen LogP) is 27.4. The summed E-state index contributed by atoms with van der Waals surface area (Å²) in [6.45, 7) is 14.0. The van der Waals surface area contributed by atoms with Crippen molar-refractivity contribution in [2.45, 2.75) is 78.1 Å². The predicted molar refractivity (Wildman–Crippen MR) is 423 cm³/mol. The summed E-state index contributed by atoms with van der Waals surface area (Å²) in [5.41, 5.74) is 21.3. The van der Waals surface area contributed by atoms with Crippen molar-refractivity contribution in [3.8, 4) is 0 Å². The summed E-state index contributed by atoms with van der Waals surface area (Å²) in [7, 11) is 0. The van der Waals surface area contributed by atoms with E-state index in [4.69, 9.17) is 4.42 Å². The Morgan fingerprint density at radius 1 is 0.273 bits per heavy atom. The molecule has 5 nitrogen and oxygen atoms in total. The number of aromatic nitrogens is 2. The van der Waals surface area contributed by atoms with Crippen molar-refractivity contribution in [2.75, 3.05) is 9.80 Å². The highest BCUT2D eigenvalue weighted by atomic mass is 16.3. The van der Waals surface area contributed by atoms with Gasteiger partial charge in [-0.15, -0.1) is 0 Å². The fourth-order valence-corrected chi connectivity index (χ4v) is 17.0. The molecule has 20 aromatic rings. The van der Waals surface area contributed by atoms with Crippen LogP contribution in [-0.2, 0) is 0 Å². The van der Waals surface area contributed by atoms with Gasteiger partial charge in [-0.1, -0.05) is 199 Å². The van der Waals surface area contributed by atoms with Gasteiger partial charge in [0, 0.05) is 82.3 Å². The SMILES string of the molecule is CC(C)c1ccc2cc3c(cc2c1)c1cc(N(c2ccccc2)c2ccccc2)cc2c4cc5cc(C(C)CCC(C)c6ccc7cc8c(cc7c6)c6cc(N(c7ccccc7)c7cccc9c7oc7ccccc79)cc7c9cc%10cc(C(C)C)ccc%10cc9n8c76)ccc5cc4n3c12. The molecular weight excluding hydrogens is 1200 g/mol. The van der Waals surface area contributed by atoms with Gasteiger partial charge in [0.2, 0.25) is 0 Å². The van der Waals surface area contributed by atoms with E-state index in [1.807, 2.05) is 0 Å². The van der Waals surface area contributed by atoms with Crippen LogP contribution >= 0.6 is 0 Å². The largest absolute Gasteiger partial charge is 0.454 e. The van der Waals surface area contributed by atoms with E-state index in [9.17, 15) is 0 Å².